The van der Waals surface area contributed by atoms with E-state index in [2.05, 4.69) is 16.3 Å². The number of ether oxygens (including phenoxy) is 1. The molecule has 136 valence electrons. The van der Waals surface area contributed by atoms with Crippen molar-refractivity contribution >= 4 is 11.6 Å². The second-order valence-electron chi connectivity index (χ2n) is 6.68. The first-order valence-corrected chi connectivity index (χ1v) is 9.16. The summed E-state index contributed by atoms with van der Waals surface area (Å²) in [6.45, 7) is 3.27. The van der Waals surface area contributed by atoms with Crippen LogP contribution in [-0.4, -0.2) is 24.0 Å². The number of hydrogen-bond acceptors (Lipinski definition) is 3. The molecule has 0 radical (unpaired) electrons. The van der Waals surface area contributed by atoms with E-state index in [0.717, 1.165) is 31.1 Å². The predicted octanol–water partition coefficient (Wildman–Crippen LogP) is 4.33. The van der Waals surface area contributed by atoms with E-state index in [1.165, 1.54) is 11.1 Å². The van der Waals surface area contributed by atoms with Crippen LogP contribution in [0.4, 0.5) is 5.69 Å². The lowest BCUT2D eigenvalue weighted by atomic mass is 10.1. The van der Waals surface area contributed by atoms with E-state index in [-0.39, 0.29) is 5.91 Å². The molecular formula is C23H22N2O2. The third-order valence-corrected chi connectivity index (χ3v) is 4.69. The number of benzene rings is 3. The first kappa shape index (κ1) is 17.3. The van der Waals surface area contributed by atoms with E-state index in [1.807, 2.05) is 72.8 Å². The van der Waals surface area contributed by atoms with E-state index in [1.54, 1.807) is 0 Å². The van der Waals surface area contributed by atoms with Crippen molar-refractivity contribution in [3.8, 4) is 5.75 Å². The van der Waals surface area contributed by atoms with Crippen LogP contribution in [0.5, 0.6) is 5.75 Å². The Morgan fingerprint density at radius 3 is 2.48 bits per heavy atom. The van der Waals surface area contributed by atoms with Crippen LogP contribution in [0.25, 0.3) is 0 Å². The second kappa shape index (κ2) is 8.06. The van der Waals surface area contributed by atoms with Gasteiger partial charge >= 0.3 is 0 Å². The highest BCUT2D eigenvalue weighted by Crippen LogP contribution is 2.23. The number of hydrogen-bond donors (Lipinski definition) is 1. The van der Waals surface area contributed by atoms with Crippen LogP contribution in [0.2, 0.25) is 0 Å². The molecule has 1 heterocycles. The van der Waals surface area contributed by atoms with Gasteiger partial charge in [0.1, 0.15) is 12.4 Å². The van der Waals surface area contributed by atoms with Crippen molar-refractivity contribution in [2.75, 3.05) is 18.5 Å². The van der Waals surface area contributed by atoms with E-state index in [0.29, 0.717) is 12.2 Å². The summed E-state index contributed by atoms with van der Waals surface area (Å²) < 4.78 is 5.83. The van der Waals surface area contributed by atoms with Crippen molar-refractivity contribution in [2.24, 2.45) is 0 Å². The average molecular weight is 358 g/mol. The van der Waals surface area contributed by atoms with Crippen molar-refractivity contribution in [3.63, 3.8) is 0 Å². The van der Waals surface area contributed by atoms with Crippen molar-refractivity contribution < 1.29 is 9.53 Å². The number of nitrogens with zero attached hydrogens (tertiary/aromatic N) is 1. The highest BCUT2D eigenvalue weighted by molar-refractivity contribution is 6.04. The standard InChI is InChI=1S/C23H22N2O2/c26-23(24-21-7-2-1-3-8-21)19-12-10-18(11-13-19)16-25-14-15-27-22-9-5-4-6-20(22)17-25/h1-13H,14-17H2,(H,24,26). The number of rotatable bonds is 4. The molecular weight excluding hydrogens is 336 g/mol. The fourth-order valence-electron chi connectivity index (χ4n) is 3.26. The van der Waals surface area contributed by atoms with Gasteiger partial charge in [-0.25, -0.2) is 0 Å². The fourth-order valence-corrected chi connectivity index (χ4v) is 3.26. The van der Waals surface area contributed by atoms with E-state index in [4.69, 9.17) is 4.74 Å². The minimum absolute atomic E-state index is 0.0927. The van der Waals surface area contributed by atoms with Gasteiger partial charge in [-0.3, -0.25) is 9.69 Å². The molecule has 4 nitrogen and oxygen atoms in total. The molecule has 0 saturated carbocycles. The topological polar surface area (TPSA) is 41.6 Å². The third-order valence-electron chi connectivity index (χ3n) is 4.69. The maximum Gasteiger partial charge on any atom is 0.255 e. The van der Waals surface area contributed by atoms with Gasteiger partial charge in [-0.1, -0.05) is 48.5 Å². The van der Waals surface area contributed by atoms with Gasteiger partial charge < -0.3 is 10.1 Å². The Balaban J connectivity index is 1.40. The molecule has 0 saturated heterocycles. The molecule has 0 bridgehead atoms. The lowest BCUT2D eigenvalue weighted by Crippen LogP contribution is -2.25. The number of fused-ring (bicyclic) bond motifs is 1. The first-order chi connectivity index (χ1) is 13.3. The van der Waals surface area contributed by atoms with Crippen LogP contribution in [0.15, 0.2) is 78.9 Å². The molecule has 4 heteroatoms. The Morgan fingerprint density at radius 2 is 1.67 bits per heavy atom. The normalized spacial score (nSPS) is 13.9. The van der Waals surface area contributed by atoms with E-state index in [9.17, 15) is 4.79 Å². The van der Waals surface area contributed by atoms with Crippen molar-refractivity contribution in [3.05, 3.63) is 95.6 Å². The molecule has 1 amide bonds. The zero-order chi connectivity index (χ0) is 18.5. The molecule has 0 aromatic heterocycles. The summed E-state index contributed by atoms with van der Waals surface area (Å²) in [5.41, 5.74) is 3.86. The van der Waals surface area contributed by atoms with Crippen molar-refractivity contribution in [2.45, 2.75) is 13.1 Å². The zero-order valence-electron chi connectivity index (χ0n) is 15.1. The molecule has 1 aliphatic rings. The maximum atomic E-state index is 12.4. The average Bonchev–Trinajstić information content (AvgIpc) is 2.91. The Morgan fingerprint density at radius 1 is 0.926 bits per heavy atom. The lowest BCUT2D eigenvalue weighted by molar-refractivity contribution is 0.102. The number of carbonyl (C=O) groups excluding carboxylic acids is 1. The smallest absolute Gasteiger partial charge is 0.255 e. The summed E-state index contributed by atoms with van der Waals surface area (Å²) in [4.78, 5) is 14.7. The van der Waals surface area contributed by atoms with E-state index < -0.39 is 0 Å². The van der Waals surface area contributed by atoms with Crippen LogP contribution in [-0.2, 0) is 13.1 Å². The van der Waals surface area contributed by atoms with E-state index >= 15 is 0 Å². The van der Waals surface area contributed by atoms with Gasteiger partial charge in [0.2, 0.25) is 0 Å². The number of anilines is 1. The Labute approximate surface area is 159 Å². The van der Waals surface area contributed by atoms with Crippen LogP contribution < -0.4 is 10.1 Å². The minimum Gasteiger partial charge on any atom is -0.492 e. The van der Waals surface area contributed by atoms with Crippen molar-refractivity contribution in [1.29, 1.82) is 0 Å². The largest absolute Gasteiger partial charge is 0.492 e. The first-order valence-electron chi connectivity index (χ1n) is 9.16. The fraction of sp³-hybridized carbons (Fsp3) is 0.174. The molecule has 1 N–H and O–H groups in total. The Bertz CT molecular complexity index is 907. The monoisotopic (exact) mass is 358 g/mol. The summed E-state index contributed by atoms with van der Waals surface area (Å²) in [6.07, 6.45) is 0. The summed E-state index contributed by atoms with van der Waals surface area (Å²) in [6, 6.07) is 25.5. The number of para-hydroxylation sites is 2. The van der Waals surface area contributed by atoms with Crippen molar-refractivity contribution in [1.82, 2.24) is 4.90 Å². The molecule has 0 aliphatic carbocycles. The van der Waals surface area contributed by atoms with Crippen LogP contribution in [0.1, 0.15) is 21.5 Å². The van der Waals surface area contributed by atoms with Gasteiger partial charge in [0.15, 0.2) is 0 Å². The highest BCUT2D eigenvalue weighted by Gasteiger charge is 2.15. The molecule has 0 spiro atoms. The van der Waals surface area contributed by atoms with Gasteiger partial charge in [-0.05, 0) is 35.9 Å². The molecule has 4 rings (SSSR count). The summed E-state index contributed by atoms with van der Waals surface area (Å²) in [7, 11) is 0. The Kier molecular flexibility index (Phi) is 5.17. The maximum absolute atomic E-state index is 12.4. The number of carbonyl (C=O) groups is 1. The highest BCUT2D eigenvalue weighted by atomic mass is 16.5. The molecule has 0 unspecified atom stereocenters. The summed E-state index contributed by atoms with van der Waals surface area (Å²) in [5, 5.41) is 2.91. The summed E-state index contributed by atoms with van der Waals surface area (Å²) >= 11 is 0. The van der Waals surface area contributed by atoms with Crippen LogP contribution in [0.3, 0.4) is 0 Å². The van der Waals surface area contributed by atoms with Gasteiger partial charge in [0.25, 0.3) is 5.91 Å². The molecule has 0 fully saturated rings. The Hall–Kier alpha value is -3.11. The third kappa shape index (κ3) is 4.36. The molecule has 3 aromatic rings. The second-order valence-corrected chi connectivity index (χ2v) is 6.68. The van der Waals surface area contributed by atoms with Gasteiger partial charge in [0, 0.05) is 36.4 Å². The SMILES string of the molecule is O=C(Nc1ccccc1)c1ccc(CN2CCOc3ccccc3C2)cc1. The number of nitrogens with one attached hydrogen (secondary N) is 1. The lowest BCUT2D eigenvalue weighted by Gasteiger charge is -2.19. The molecule has 27 heavy (non-hydrogen) atoms. The quantitative estimate of drug-likeness (QED) is 0.755. The van der Waals surface area contributed by atoms with Gasteiger partial charge in [-0.2, -0.15) is 0 Å². The predicted molar refractivity (Wildman–Crippen MR) is 107 cm³/mol. The zero-order valence-corrected chi connectivity index (χ0v) is 15.1. The summed E-state index contributed by atoms with van der Waals surface area (Å²) in [5.74, 6) is 0.887. The van der Waals surface area contributed by atoms with Crippen LogP contribution >= 0.6 is 0 Å². The number of amides is 1. The molecule has 1 aliphatic heterocycles. The molecule has 3 aromatic carbocycles. The van der Waals surface area contributed by atoms with Crippen LogP contribution in [0, 0.1) is 0 Å². The van der Waals surface area contributed by atoms with Gasteiger partial charge in [-0.15, -0.1) is 0 Å². The molecule has 0 atom stereocenters. The minimum atomic E-state index is -0.0927. The van der Waals surface area contributed by atoms with Gasteiger partial charge in [0.05, 0.1) is 0 Å².